The fraction of sp³-hybridized carbons (Fsp3) is 0.333. The first-order valence-electron chi connectivity index (χ1n) is 8.17. The van der Waals surface area contributed by atoms with Gasteiger partial charge in [0.05, 0.1) is 11.3 Å². The minimum absolute atomic E-state index is 0.144. The summed E-state index contributed by atoms with van der Waals surface area (Å²) in [5.74, 6) is 0.315. The first-order valence-corrected chi connectivity index (χ1v) is 8.98. The predicted octanol–water partition coefficient (Wildman–Crippen LogP) is 4.81. The second-order valence-corrected chi connectivity index (χ2v) is 8.77. The number of H-pyrrole nitrogens is 1. The monoisotopic (exact) mass is 396 g/mol. The van der Waals surface area contributed by atoms with Crippen LogP contribution in [0.4, 0.5) is 19.0 Å². The van der Waals surface area contributed by atoms with Crippen LogP contribution in [0.25, 0.3) is 22.2 Å². The van der Waals surface area contributed by atoms with Gasteiger partial charge in [0.25, 0.3) is 5.56 Å². The topological polar surface area (TPSA) is 62.7 Å². The summed E-state index contributed by atoms with van der Waals surface area (Å²) >= 11 is 1.36. The maximum Gasteiger partial charge on any atom is 0.418 e. The number of anilines is 1. The summed E-state index contributed by atoms with van der Waals surface area (Å²) in [6, 6.07) is 3.90. The van der Waals surface area contributed by atoms with Crippen LogP contribution in [0.1, 0.15) is 26.3 Å². The lowest BCUT2D eigenvalue weighted by atomic mass is 10.0. The standard InChI is InChI=1S/C18H19F3N4OS/c1-17(2,3)27-24-13-6-5-12(18(19,20)21)14(23-13)11-9-25(4)16(26)15-10(11)7-8-22-15/h5-9,22H,1-4H3,(H,23,24). The molecule has 3 rings (SSSR count). The molecule has 0 fully saturated rings. The van der Waals surface area contributed by atoms with Crippen LogP contribution in [0.2, 0.25) is 0 Å². The zero-order valence-electron chi connectivity index (χ0n) is 15.2. The van der Waals surface area contributed by atoms with Crippen molar-refractivity contribution in [1.82, 2.24) is 14.5 Å². The highest BCUT2D eigenvalue weighted by molar-refractivity contribution is 8.01. The fourth-order valence-corrected chi connectivity index (χ4v) is 3.14. The largest absolute Gasteiger partial charge is 0.418 e. The van der Waals surface area contributed by atoms with Crippen LogP contribution in [0.5, 0.6) is 0 Å². The van der Waals surface area contributed by atoms with Gasteiger partial charge in [-0.3, -0.25) is 4.79 Å². The molecule has 144 valence electrons. The molecule has 0 saturated carbocycles. The lowest BCUT2D eigenvalue weighted by Gasteiger charge is -2.19. The number of aromatic amines is 1. The van der Waals surface area contributed by atoms with E-state index < -0.39 is 11.7 Å². The Balaban J connectivity index is 2.22. The van der Waals surface area contributed by atoms with E-state index in [9.17, 15) is 18.0 Å². The van der Waals surface area contributed by atoms with Crippen LogP contribution in [0, 0.1) is 0 Å². The number of rotatable bonds is 3. The van der Waals surface area contributed by atoms with Crippen molar-refractivity contribution in [2.75, 3.05) is 4.72 Å². The van der Waals surface area contributed by atoms with E-state index in [2.05, 4.69) is 14.7 Å². The van der Waals surface area contributed by atoms with E-state index in [1.807, 2.05) is 20.8 Å². The quantitative estimate of drug-likeness (QED) is 0.624. The van der Waals surface area contributed by atoms with Crippen molar-refractivity contribution in [3.8, 4) is 11.3 Å². The molecule has 0 radical (unpaired) electrons. The second-order valence-electron chi connectivity index (χ2n) is 7.13. The summed E-state index contributed by atoms with van der Waals surface area (Å²) in [6.07, 6.45) is -1.66. The average Bonchev–Trinajstić information content (AvgIpc) is 3.04. The zero-order chi connectivity index (χ0) is 20.0. The van der Waals surface area contributed by atoms with Gasteiger partial charge in [0.2, 0.25) is 0 Å². The molecule has 0 unspecified atom stereocenters. The van der Waals surface area contributed by atoms with Gasteiger partial charge < -0.3 is 14.3 Å². The minimum atomic E-state index is -4.57. The smallest absolute Gasteiger partial charge is 0.357 e. The number of nitrogens with zero attached hydrogens (tertiary/aromatic N) is 2. The number of hydrogen-bond acceptors (Lipinski definition) is 4. The molecule has 0 aromatic carbocycles. The molecular weight excluding hydrogens is 377 g/mol. The summed E-state index contributed by atoms with van der Waals surface area (Å²) in [6.45, 7) is 5.93. The Morgan fingerprint density at radius 2 is 1.89 bits per heavy atom. The SMILES string of the molecule is Cn1cc(-c2nc(NSC(C)(C)C)ccc2C(F)(F)F)c2cc[nH]c2c1=O. The molecular formula is C18H19F3N4OS. The van der Waals surface area contributed by atoms with Gasteiger partial charge in [0.15, 0.2) is 0 Å². The van der Waals surface area contributed by atoms with Crippen LogP contribution >= 0.6 is 11.9 Å². The van der Waals surface area contributed by atoms with Gasteiger partial charge in [-0.15, -0.1) is 0 Å². The number of pyridine rings is 2. The Kier molecular flexibility index (Phi) is 4.75. The molecule has 2 N–H and O–H groups in total. The first-order chi connectivity index (χ1) is 12.5. The van der Waals surface area contributed by atoms with Crippen LogP contribution in [-0.2, 0) is 13.2 Å². The Hall–Kier alpha value is -2.42. The van der Waals surface area contributed by atoms with Gasteiger partial charge in [-0.2, -0.15) is 13.2 Å². The van der Waals surface area contributed by atoms with E-state index in [1.54, 1.807) is 6.07 Å². The van der Waals surface area contributed by atoms with Gasteiger partial charge in [0.1, 0.15) is 11.3 Å². The van der Waals surface area contributed by atoms with E-state index >= 15 is 0 Å². The first kappa shape index (κ1) is 19.3. The van der Waals surface area contributed by atoms with Crippen LogP contribution in [0.15, 0.2) is 35.4 Å². The average molecular weight is 396 g/mol. The third-order valence-corrected chi connectivity index (χ3v) is 4.74. The highest BCUT2D eigenvalue weighted by atomic mass is 32.2. The Bertz CT molecular complexity index is 1050. The molecule has 5 nitrogen and oxygen atoms in total. The molecule has 3 heterocycles. The number of alkyl halides is 3. The van der Waals surface area contributed by atoms with Crippen molar-refractivity contribution in [3.05, 3.63) is 46.5 Å². The number of aryl methyl sites for hydroxylation is 1. The molecule has 0 amide bonds. The number of aromatic nitrogens is 3. The summed E-state index contributed by atoms with van der Waals surface area (Å²) in [5.41, 5.74) is -0.903. The molecule has 0 aliphatic carbocycles. The van der Waals surface area contributed by atoms with Gasteiger partial charge in [0, 0.05) is 35.1 Å². The summed E-state index contributed by atoms with van der Waals surface area (Å²) in [5, 5.41) is 0.400. The van der Waals surface area contributed by atoms with Gasteiger partial charge in [-0.05, 0) is 50.9 Å². The van der Waals surface area contributed by atoms with Gasteiger partial charge in [-0.1, -0.05) is 0 Å². The van der Waals surface area contributed by atoms with E-state index in [-0.39, 0.29) is 27.1 Å². The molecule has 0 atom stereocenters. The molecule has 0 bridgehead atoms. The number of nitrogens with one attached hydrogen (secondary N) is 2. The second kappa shape index (κ2) is 6.63. The summed E-state index contributed by atoms with van der Waals surface area (Å²) in [4.78, 5) is 19.2. The molecule has 0 saturated heterocycles. The minimum Gasteiger partial charge on any atom is -0.357 e. The third-order valence-electron chi connectivity index (χ3n) is 3.81. The zero-order valence-corrected chi connectivity index (χ0v) is 16.0. The van der Waals surface area contributed by atoms with E-state index in [1.165, 1.54) is 42.0 Å². The van der Waals surface area contributed by atoms with Crippen LogP contribution in [-0.4, -0.2) is 19.3 Å². The maximum atomic E-state index is 13.6. The van der Waals surface area contributed by atoms with E-state index in [4.69, 9.17) is 0 Å². The van der Waals surface area contributed by atoms with Crippen LogP contribution < -0.4 is 10.3 Å². The molecule has 27 heavy (non-hydrogen) atoms. The molecule has 3 aromatic rings. The third kappa shape index (κ3) is 3.97. The van der Waals surface area contributed by atoms with Crippen molar-refractivity contribution in [1.29, 1.82) is 0 Å². The molecule has 0 aliphatic heterocycles. The van der Waals surface area contributed by atoms with Crippen molar-refractivity contribution >= 4 is 28.7 Å². The molecule has 0 spiro atoms. The lowest BCUT2D eigenvalue weighted by Crippen LogP contribution is -2.18. The Morgan fingerprint density at radius 1 is 1.19 bits per heavy atom. The number of halogens is 3. The van der Waals surface area contributed by atoms with E-state index in [0.29, 0.717) is 11.2 Å². The molecule has 0 aliphatic rings. The Labute approximate surface area is 158 Å². The highest BCUT2D eigenvalue weighted by Gasteiger charge is 2.35. The van der Waals surface area contributed by atoms with Crippen molar-refractivity contribution in [2.24, 2.45) is 7.05 Å². The number of fused-ring (bicyclic) bond motifs is 1. The highest BCUT2D eigenvalue weighted by Crippen LogP contribution is 2.39. The van der Waals surface area contributed by atoms with Crippen LogP contribution in [0.3, 0.4) is 0 Å². The fourth-order valence-electron chi connectivity index (χ4n) is 2.61. The van der Waals surface area contributed by atoms with Crippen molar-refractivity contribution < 1.29 is 13.2 Å². The normalized spacial score (nSPS) is 12.6. The van der Waals surface area contributed by atoms with Crippen molar-refractivity contribution in [3.63, 3.8) is 0 Å². The number of hydrogen-bond donors (Lipinski definition) is 2. The molecule has 9 heteroatoms. The maximum absolute atomic E-state index is 13.6. The van der Waals surface area contributed by atoms with Gasteiger partial charge >= 0.3 is 6.18 Å². The summed E-state index contributed by atoms with van der Waals surface area (Å²) < 4.78 is 44.9. The summed E-state index contributed by atoms with van der Waals surface area (Å²) in [7, 11) is 1.50. The Morgan fingerprint density at radius 3 is 2.52 bits per heavy atom. The molecule has 3 aromatic heterocycles. The van der Waals surface area contributed by atoms with Gasteiger partial charge in [-0.25, -0.2) is 4.98 Å². The predicted molar refractivity (Wildman–Crippen MR) is 103 cm³/mol. The lowest BCUT2D eigenvalue weighted by molar-refractivity contribution is -0.137. The van der Waals surface area contributed by atoms with Crippen molar-refractivity contribution in [2.45, 2.75) is 31.7 Å². The van der Waals surface area contributed by atoms with E-state index in [0.717, 1.165) is 6.07 Å².